The SMILES string of the molecule is COC(=O)c1cc(O)c(-c2nc3ccccc3o2)cc1O.O=C(O)c1cc(O)c(-c2nc3ccccc3o2)cc1O. The maximum absolute atomic E-state index is 11.4. The molecular weight excluding hydrogens is 536 g/mol. The third-order valence-electron chi connectivity index (χ3n) is 5.91. The second kappa shape index (κ2) is 10.6. The Hall–Kier alpha value is -6.04. The van der Waals surface area contributed by atoms with E-state index in [9.17, 15) is 30.0 Å². The van der Waals surface area contributed by atoms with Gasteiger partial charge in [-0.15, -0.1) is 0 Å². The molecule has 2 heterocycles. The molecule has 4 aromatic carbocycles. The maximum atomic E-state index is 11.4. The molecule has 6 rings (SSSR count). The van der Waals surface area contributed by atoms with Crippen LogP contribution >= 0.6 is 0 Å². The number of methoxy groups -OCH3 is 1. The summed E-state index contributed by atoms with van der Waals surface area (Å²) in [6.07, 6.45) is 0. The summed E-state index contributed by atoms with van der Waals surface area (Å²) >= 11 is 0. The van der Waals surface area contributed by atoms with Gasteiger partial charge in [-0.05, 0) is 48.5 Å². The molecule has 0 saturated carbocycles. The number of carboxylic acid groups (broad SMARTS) is 1. The van der Waals surface area contributed by atoms with Crippen LogP contribution in [0.5, 0.6) is 23.0 Å². The molecule has 5 N–H and O–H groups in total. The second-order valence-electron chi connectivity index (χ2n) is 8.54. The minimum absolute atomic E-state index is 0.107. The number of esters is 1. The number of phenols is 4. The van der Waals surface area contributed by atoms with Crippen LogP contribution in [0.25, 0.3) is 45.1 Å². The van der Waals surface area contributed by atoms with Crippen molar-refractivity contribution in [2.45, 2.75) is 0 Å². The molecule has 0 radical (unpaired) electrons. The van der Waals surface area contributed by atoms with Gasteiger partial charge in [-0.1, -0.05) is 24.3 Å². The zero-order chi connectivity index (χ0) is 29.3. The van der Waals surface area contributed by atoms with E-state index < -0.39 is 17.7 Å². The lowest BCUT2D eigenvalue weighted by Gasteiger charge is -2.06. The number of ether oxygens (including phenoxy) is 1. The number of carbonyl (C=O) groups excluding carboxylic acids is 1. The van der Waals surface area contributed by atoms with Gasteiger partial charge in [0.1, 0.15) is 45.2 Å². The summed E-state index contributed by atoms with van der Waals surface area (Å²) in [5, 5.41) is 48.3. The highest BCUT2D eigenvalue weighted by Crippen LogP contribution is 2.37. The number of phenolic OH excluding ortho intramolecular Hbond substituents is 3. The summed E-state index contributed by atoms with van der Waals surface area (Å²) in [6, 6.07) is 18.6. The van der Waals surface area contributed by atoms with Crippen LogP contribution in [0, 0.1) is 0 Å². The van der Waals surface area contributed by atoms with Gasteiger partial charge in [-0.3, -0.25) is 0 Å². The fraction of sp³-hybridized carbons (Fsp3) is 0.0345. The summed E-state index contributed by atoms with van der Waals surface area (Å²) in [4.78, 5) is 30.7. The van der Waals surface area contributed by atoms with Crippen molar-refractivity contribution in [1.29, 1.82) is 0 Å². The molecule has 0 bridgehead atoms. The molecule has 0 aliphatic carbocycles. The fourth-order valence-corrected chi connectivity index (χ4v) is 3.92. The summed E-state index contributed by atoms with van der Waals surface area (Å²) in [5.41, 5.74) is 2.12. The van der Waals surface area contributed by atoms with Gasteiger partial charge in [0.15, 0.2) is 11.2 Å². The largest absolute Gasteiger partial charge is 0.507 e. The summed E-state index contributed by atoms with van der Waals surface area (Å²) < 4.78 is 15.5. The molecule has 0 spiro atoms. The average Bonchev–Trinajstić information content (AvgIpc) is 3.59. The normalized spacial score (nSPS) is 10.8. The zero-order valence-corrected chi connectivity index (χ0v) is 21.1. The Kier molecular flexibility index (Phi) is 6.88. The number of hydrogen-bond donors (Lipinski definition) is 5. The van der Waals surface area contributed by atoms with Crippen LogP contribution in [0.4, 0.5) is 0 Å². The smallest absolute Gasteiger partial charge is 0.341 e. The molecule has 0 unspecified atom stereocenters. The number of aromatic carboxylic acids is 1. The van der Waals surface area contributed by atoms with Gasteiger partial charge in [-0.2, -0.15) is 0 Å². The monoisotopic (exact) mass is 556 g/mol. The van der Waals surface area contributed by atoms with E-state index in [0.717, 1.165) is 18.2 Å². The van der Waals surface area contributed by atoms with E-state index in [2.05, 4.69) is 14.7 Å². The lowest BCUT2D eigenvalue weighted by Crippen LogP contribution is -2.01. The number of hydrogen-bond acceptors (Lipinski definition) is 11. The van der Waals surface area contributed by atoms with E-state index in [1.165, 1.54) is 13.2 Å². The molecule has 0 saturated heterocycles. The van der Waals surface area contributed by atoms with Gasteiger partial charge in [0.25, 0.3) is 0 Å². The number of carbonyl (C=O) groups is 2. The van der Waals surface area contributed by atoms with Gasteiger partial charge < -0.3 is 39.1 Å². The fourth-order valence-electron chi connectivity index (χ4n) is 3.92. The van der Waals surface area contributed by atoms with Crippen molar-refractivity contribution in [1.82, 2.24) is 9.97 Å². The average molecular weight is 556 g/mol. The predicted octanol–water partition coefficient (Wildman–Crippen LogP) is 5.30. The molecule has 12 nitrogen and oxygen atoms in total. The number of aromatic hydroxyl groups is 4. The van der Waals surface area contributed by atoms with Gasteiger partial charge >= 0.3 is 11.9 Å². The van der Waals surface area contributed by atoms with Crippen molar-refractivity contribution in [3.8, 4) is 45.9 Å². The molecule has 0 amide bonds. The molecule has 2 aromatic heterocycles. The Bertz CT molecular complexity index is 1870. The molecular formula is C29H20N2O10. The number of para-hydroxylation sites is 4. The van der Waals surface area contributed by atoms with Crippen LogP contribution in [0.3, 0.4) is 0 Å². The van der Waals surface area contributed by atoms with Gasteiger partial charge in [0.2, 0.25) is 11.8 Å². The first-order valence-corrected chi connectivity index (χ1v) is 11.8. The predicted molar refractivity (Wildman–Crippen MR) is 144 cm³/mol. The van der Waals surface area contributed by atoms with Crippen molar-refractivity contribution in [2.75, 3.05) is 7.11 Å². The van der Waals surface area contributed by atoms with Crippen molar-refractivity contribution >= 4 is 34.1 Å². The summed E-state index contributed by atoms with van der Waals surface area (Å²) in [7, 11) is 1.19. The Balaban J connectivity index is 0.000000165. The van der Waals surface area contributed by atoms with Crippen LogP contribution in [-0.2, 0) is 4.74 Å². The molecule has 41 heavy (non-hydrogen) atoms. The second-order valence-corrected chi connectivity index (χ2v) is 8.54. The third kappa shape index (κ3) is 5.16. The van der Waals surface area contributed by atoms with Gasteiger partial charge in [-0.25, -0.2) is 19.6 Å². The number of aromatic nitrogens is 2. The molecule has 0 aliphatic heterocycles. The van der Waals surface area contributed by atoms with Crippen LogP contribution < -0.4 is 0 Å². The minimum Gasteiger partial charge on any atom is -0.507 e. The highest BCUT2D eigenvalue weighted by Gasteiger charge is 2.20. The quantitative estimate of drug-likeness (QED) is 0.139. The van der Waals surface area contributed by atoms with Crippen LogP contribution in [0.1, 0.15) is 20.7 Å². The number of rotatable bonds is 4. The van der Waals surface area contributed by atoms with E-state index in [4.69, 9.17) is 13.9 Å². The van der Waals surface area contributed by atoms with E-state index in [1.54, 1.807) is 42.5 Å². The number of oxazole rings is 2. The van der Waals surface area contributed by atoms with Gasteiger partial charge in [0.05, 0.1) is 18.2 Å². The Morgan fingerprint density at radius 1 is 0.659 bits per heavy atom. The Morgan fingerprint density at radius 2 is 1.10 bits per heavy atom. The first kappa shape index (κ1) is 26.6. The first-order chi connectivity index (χ1) is 19.7. The van der Waals surface area contributed by atoms with Crippen molar-refractivity contribution in [2.24, 2.45) is 0 Å². The number of nitrogens with zero attached hydrogens (tertiary/aromatic N) is 2. The number of benzene rings is 4. The first-order valence-electron chi connectivity index (χ1n) is 11.8. The Morgan fingerprint density at radius 3 is 1.54 bits per heavy atom. The van der Waals surface area contributed by atoms with Crippen molar-refractivity contribution in [3.05, 3.63) is 83.9 Å². The number of fused-ring (bicyclic) bond motifs is 2. The lowest BCUT2D eigenvalue weighted by atomic mass is 10.1. The highest BCUT2D eigenvalue weighted by molar-refractivity contribution is 5.94. The maximum Gasteiger partial charge on any atom is 0.341 e. The molecule has 0 aliphatic rings. The van der Waals surface area contributed by atoms with E-state index in [-0.39, 0.29) is 51.3 Å². The van der Waals surface area contributed by atoms with E-state index >= 15 is 0 Å². The molecule has 0 atom stereocenters. The molecule has 12 heteroatoms. The van der Waals surface area contributed by atoms with E-state index in [1.807, 2.05) is 6.07 Å². The van der Waals surface area contributed by atoms with Crippen molar-refractivity contribution < 1.29 is 48.7 Å². The van der Waals surface area contributed by atoms with Gasteiger partial charge in [0, 0.05) is 0 Å². The molecule has 6 aromatic rings. The zero-order valence-electron chi connectivity index (χ0n) is 21.1. The standard InChI is InChI=1S/C15H11NO5.C14H9NO5/c1-20-15(19)9-7-11(17)8(6-12(9)18)14-16-10-4-2-3-5-13(10)21-14;16-10-6-8(14(18)19)11(17)5-7(10)13-15-9-3-1-2-4-12(9)20-13/h2-7,17-18H,1H3;1-6,16-17H,(H,18,19). The lowest BCUT2D eigenvalue weighted by molar-refractivity contribution is 0.0596. The highest BCUT2D eigenvalue weighted by atomic mass is 16.5. The molecule has 0 fully saturated rings. The van der Waals surface area contributed by atoms with Crippen LogP contribution in [0.2, 0.25) is 0 Å². The van der Waals surface area contributed by atoms with Crippen LogP contribution in [-0.4, -0.2) is 54.5 Å². The van der Waals surface area contributed by atoms with E-state index in [0.29, 0.717) is 22.2 Å². The summed E-state index contributed by atoms with van der Waals surface area (Å²) in [6.45, 7) is 0. The summed E-state index contributed by atoms with van der Waals surface area (Å²) in [5.74, 6) is -3.17. The minimum atomic E-state index is -1.33. The molecule has 206 valence electrons. The van der Waals surface area contributed by atoms with Crippen LogP contribution in [0.15, 0.2) is 81.6 Å². The number of carboxylic acids is 1. The Labute approximate surface area is 230 Å². The topological polar surface area (TPSA) is 197 Å². The third-order valence-corrected chi connectivity index (χ3v) is 5.91. The van der Waals surface area contributed by atoms with Crippen molar-refractivity contribution in [3.63, 3.8) is 0 Å².